The third kappa shape index (κ3) is 6.54. The summed E-state index contributed by atoms with van der Waals surface area (Å²) in [5.41, 5.74) is 1.08. The lowest BCUT2D eigenvalue weighted by Crippen LogP contribution is -2.23. The minimum absolute atomic E-state index is 0.218. The zero-order valence-electron chi connectivity index (χ0n) is 17.5. The number of nitrogens with one attached hydrogen (secondary N) is 1. The molecule has 0 aliphatic heterocycles. The first-order valence-electron chi connectivity index (χ1n) is 10.9. The molecule has 1 fully saturated rings. The largest absolute Gasteiger partial charge is 0.433 e. The fourth-order valence-electron chi connectivity index (χ4n) is 4.10. The summed E-state index contributed by atoms with van der Waals surface area (Å²) < 4.78 is 40.1. The fraction of sp³-hybridized carbons (Fsp3) is 0.542. The Morgan fingerprint density at radius 1 is 1.10 bits per heavy atom. The molecule has 0 radical (unpaired) electrons. The lowest BCUT2D eigenvalue weighted by Gasteiger charge is -2.16. The summed E-state index contributed by atoms with van der Waals surface area (Å²) in [5, 5.41) is 13.7. The van der Waals surface area contributed by atoms with E-state index < -0.39 is 18.0 Å². The number of hydrogen-bond acceptors (Lipinski definition) is 3. The number of benzene rings is 1. The van der Waals surface area contributed by atoms with E-state index in [1.165, 1.54) is 32.1 Å². The van der Waals surface area contributed by atoms with E-state index in [4.69, 9.17) is 0 Å². The maximum atomic E-state index is 13.4. The fourth-order valence-corrected chi connectivity index (χ4v) is 4.10. The molecule has 3 rings (SSSR count). The number of alkyl halides is 3. The Morgan fingerprint density at radius 3 is 2.47 bits per heavy atom. The second-order valence-electron chi connectivity index (χ2n) is 8.40. The van der Waals surface area contributed by atoms with E-state index in [0.717, 1.165) is 36.9 Å². The van der Waals surface area contributed by atoms with Crippen LogP contribution < -0.4 is 5.32 Å². The van der Waals surface area contributed by atoms with Gasteiger partial charge in [-0.1, -0.05) is 68.4 Å². The van der Waals surface area contributed by atoms with Crippen LogP contribution in [0.15, 0.2) is 36.4 Å². The van der Waals surface area contributed by atoms with E-state index in [-0.39, 0.29) is 17.8 Å². The van der Waals surface area contributed by atoms with Crippen molar-refractivity contribution in [2.75, 3.05) is 13.1 Å². The zero-order valence-corrected chi connectivity index (χ0v) is 17.5. The van der Waals surface area contributed by atoms with E-state index in [0.29, 0.717) is 5.56 Å². The second-order valence-corrected chi connectivity index (χ2v) is 8.40. The highest BCUT2D eigenvalue weighted by atomic mass is 19.4. The molecule has 30 heavy (non-hydrogen) atoms. The summed E-state index contributed by atoms with van der Waals surface area (Å²) in [6.07, 6.45) is 3.23. The summed E-state index contributed by atoms with van der Waals surface area (Å²) in [6, 6.07) is 9.66. The molecule has 6 heteroatoms. The number of aliphatic hydroxyl groups is 1. The molecular weight excluding hydrogens is 389 g/mol. The molecule has 1 saturated carbocycles. The topological polar surface area (TPSA) is 45.1 Å². The first kappa shape index (κ1) is 22.8. The van der Waals surface area contributed by atoms with Crippen molar-refractivity contribution in [1.29, 1.82) is 0 Å². The van der Waals surface area contributed by atoms with E-state index in [2.05, 4.69) is 10.3 Å². The third-order valence-electron chi connectivity index (χ3n) is 5.90. The smallest absolute Gasteiger partial charge is 0.387 e. The van der Waals surface area contributed by atoms with Crippen LogP contribution in [0.5, 0.6) is 0 Å². The number of hydrogen-bond donors (Lipinski definition) is 2. The van der Waals surface area contributed by atoms with Gasteiger partial charge in [-0.05, 0) is 43.5 Å². The molecule has 1 aliphatic carbocycles. The number of aromatic nitrogens is 1. The van der Waals surface area contributed by atoms with Gasteiger partial charge in [0.2, 0.25) is 0 Å². The minimum Gasteiger partial charge on any atom is -0.387 e. The van der Waals surface area contributed by atoms with E-state index in [9.17, 15) is 18.3 Å². The third-order valence-corrected chi connectivity index (χ3v) is 5.90. The van der Waals surface area contributed by atoms with Gasteiger partial charge >= 0.3 is 6.18 Å². The Balaban J connectivity index is 1.60. The molecule has 1 heterocycles. The summed E-state index contributed by atoms with van der Waals surface area (Å²) in [6.45, 7) is 2.89. The highest BCUT2D eigenvalue weighted by Crippen LogP contribution is 2.32. The van der Waals surface area contributed by atoms with Crippen LogP contribution in [0, 0.1) is 12.8 Å². The molecule has 0 amide bonds. The van der Waals surface area contributed by atoms with Gasteiger partial charge in [0.1, 0.15) is 5.69 Å². The van der Waals surface area contributed by atoms with Crippen molar-refractivity contribution in [3.8, 4) is 11.3 Å². The number of aliphatic hydroxyl groups excluding tert-OH is 1. The molecule has 0 saturated heterocycles. The molecule has 0 spiro atoms. The van der Waals surface area contributed by atoms with Gasteiger partial charge in [-0.2, -0.15) is 13.2 Å². The van der Waals surface area contributed by atoms with Crippen molar-refractivity contribution >= 4 is 0 Å². The Bertz CT molecular complexity index is 799. The number of unbranched alkanes of at least 4 members (excludes halogenated alkanes) is 1. The summed E-state index contributed by atoms with van der Waals surface area (Å²) in [7, 11) is 0. The number of rotatable bonds is 9. The van der Waals surface area contributed by atoms with E-state index in [1.807, 2.05) is 19.1 Å². The van der Waals surface area contributed by atoms with Crippen molar-refractivity contribution in [3.63, 3.8) is 0 Å². The van der Waals surface area contributed by atoms with Gasteiger partial charge < -0.3 is 10.4 Å². The van der Waals surface area contributed by atoms with Crippen molar-refractivity contribution < 1.29 is 18.3 Å². The minimum atomic E-state index is -4.57. The number of aryl methyl sites for hydroxylation is 1. The van der Waals surface area contributed by atoms with Crippen LogP contribution in [-0.4, -0.2) is 23.2 Å². The summed E-state index contributed by atoms with van der Waals surface area (Å²) >= 11 is 0. The van der Waals surface area contributed by atoms with E-state index >= 15 is 0 Å². The zero-order chi connectivity index (χ0) is 21.6. The molecule has 1 aliphatic rings. The normalized spacial score (nSPS) is 16.2. The van der Waals surface area contributed by atoms with Crippen LogP contribution in [-0.2, 0) is 6.18 Å². The first-order valence-corrected chi connectivity index (χ1v) is 10.9. The molecule has 1 aromatic heterocycles. The monoisotopic (exact) mass is 420 g/mol. The van der Waals surface area contributed by atoms with E-state index in [1.54, 1.807) is 18.2 Å². The van der Waals surface area contributed by atoms with Crippen LogP contribution in [0.4, 0.5) is 13.2 Å². The lowest BCUT2D eigenvalue weighted by molar-refractivity contribution is -0.141. The summed E-state index contributed by atoms with van der Waals surface area (Å²) in [5.74, 6) is 0.869. The van der Waals surface area contributed by atoms with Crippen LogP contribution in [0.25, 0.3) is 11.3 Å². The van der Waals surface area contributed by atoms with Crippen LogP contribution >= 0.6 is 0 Å². The van der Waals surface area contributed by atoms with Gasteiger partial charge in [0.15, 0.2) is 0 Å². The number of pyridine rings is 1. The lowest BCUT2D eigenvalue weighted by atomic mass is 10.0. The molecular formula is C24H31F3N2O. The van der Waals surface area contributed by atoms with Gasteiger partial charge in [-0.15, -0.1) is 0 Å². The van der Waals surface area contributed by atoms with Crippen LogP contribution in [0.3, 0.4) is 0 Å². The molecule has 1 atom stereocenters. The van der Waals surface area contributed by atoms with Gasteiger partial charge in [0, 0.05) is 12.1 Å². The predicted molar refractivity (Wildman–Crippen MR) is 113 cm³/mol. The summed E-state index contributed by atoms with van der Waals surface area (Å²) in [4.78, 5) is 3.79. The van der Waals surface area contributed by atoms with Crippen molar-refractivity contribution in [1.82, 2.24) is 10.3 Å². The van der Waals surface area contributed by atoms with Gasteiger partial charge in [0.25, 0.3) is 0 Å². The van der Waals surface area contributed by atoms with Crippen molar-refractivity contribution in [2.45, 2.75) is 64.1 Å². The molecule has 164 valence electrons. The Labute approximate surface area is 176 Å². The maximum Gasteiger partial charge on any atom is 0.433 e. The van der Waals surface area contributed by atoms with Gasteiger partial charge in [-0.25, -0.2) is 4.98 Å². The SMILES string of the molecule is Cc1ccc(-c2cc([C@H](O)CNCCCCC3CCCC3)cc(C(F)(F)F)n2)cc1. The number of halogens is 3. The molecule has 1 aromatic carbocycles. The Hall–Kier alpha value is -1.92. The van der Waals surface area contributed by atoms with Crippen LogP contribution in [0.2, 0.25) is 0 Å². The molecule has 2 N–H and O–H groups in total. The predicted octanol–water partition coefficient (Wildman–Crippen LogP) is 6.06. The molecule has 3 nitrogen and oxygen atoms in total. The van der Waals surface area contributed by atoms with Gasteiger partial charge in [-0.3, -0.25) is 0 Å². The average molecular weight is 421 g/mol. The van der Waals surface area contributed by atoms with Crippen molar-refractivity contribution in [3.05, 3.63) is 53.2 Å². The van der Waals surface area contributed by atoms with Gasteiger partial charge in [0.05, 0.1) is 11.8 Å². The molecule has 0 unspecified atom stereocenters. The Morgan fingerprint density at radius 2 is 1.80 bits per heavy atom. The maximum absolute atomic E-state index is 13.4. The molecule has 0 bridgehead atoms. The highest BCUT2D eigenvalue weighted by molar-refractivity contribution is 5.61. The quantitative estimate of drug-likeness (QED) is 0.485. The Kier molecular flexibility index (Phi) is 7.89. The highest BCUT2D eigenvalue weighted by Gasteiger charge is 2.33. The molecule has 2 aromatic rings. The standard InChI is InChI=1S/C24H31F3N2O/c1-17-9-11-19(12-10-17)21-14-20(15-23(29-21)24(25,26)27)22(30)16-28-13-5-4-8-18-6-2-3-7-18/h9-12,14-15,18,22,28,30H,2-8,13,16H2,1H3/t22-/m1/s1. The number of nitrogens with zero attached hydrogens (tertiary/aromatic N) is 1. The first-order chi connectivity index (χ1) is 14.3. The van der Waals surface area contributed by atoms with Crippen molar-refractivity contribution in [2.24, 2.45) is 5.92 Å². The van der Waals surface area contributed by atoms with Crippen LogP contribution in [0.1, 0.15) is 67.9 Å². The average Bonchev–Trinajstić information content (AvgIpc) is 3.23. The second kappa shape index (κ2) is 10.4.